The van der Waals surface area contributed by atoms with Crippen molar-refractivity contribution in [1.82, 2.24) is 0 Å². The Kier molecular flexibility index (Phi) is 5.20. The van der Waals surface area contributed by atoms with Crippen LogP contribution >= 0.6 is 0 Å². The number of alkyl halides is 3. The molecule has 0 aliphatic heterocycles. The minimum absolute atomic E-state index is 0.274. The summed E-state index contributed by atoms with van der Waals surface area (Å²) in [4.78, 5) is 0. The Bertz CT molecular complexity index is 372. The van der Waals surface area contributed by atoms with E-state index in [2.05, 4.69) is 13.8 Å². The molecular weight excluding hydrogens is 241 g/mol. The molecule has 1 rings (SSSR count). The highest BCUT2D eigenvalue weighted by atomic mass is 19.4. The first-order valence-corrected chi connectivity index (χ1v) is 6.13. The first-order chi connectivity index (χ1) is 8.29. The molecular formula is C14H19F3O. The normalized spacial score (nSPS) is 13.9. The lowest BCUT2D eigenvalue weighted by Gasteiger charge is -2.13. The minimum Gasteiger partial charge on any atom is -0.393 e. The van der Waals surface area contributed by atoms with Gasteiger partial charge in [0.25, 0.3) is 0 Å². The molecule has 0 aliphatic carbocycles. The molecule has 0 saturated carbocycles. The third kappa shape index (κ3) is 5.08. The van der Waals surface area contributed by atoms with Crippen molar-refractivity contribution in [2.75, 3.05) is 0 Å². The van der Waals surface area contributed by atoms with Gasteiger partial charge in [0, 0.05) is 0 Å². The Labute approximate surface area is 106 Å². The second-order valence-electron chi connectivity index (χ2n) is 5.03. The Balaban J connectivity index is 2.62. The minimum atomic E-state index is -4.32. The van der Waals surface area contributed by atoms with Crippen LogP contribution < -0.4 is 0 Å². The number of benzene rings is 1. The lowest BCUT2D eigenvalue weighted by Crippen LogP contribution is -2.12. The van der Waals surface area contributed by atoms with Crippen molar-refractivity contribution in [3.8, 4) is 0 Å². The molecule has 1 unspecified atom stereocenters. The standard InChI is InChI=1S/C14H19F3O/c1-10(2)6-7-13(18)9-11-4-3-5-12(8-11)14(15,16)17/h3-5,8,10,13,18H,6-7,9H2,1-2H3. The van der Waals surface area contributed by atoms with E-state index in [0.717, 1.165) is 18.6 Å². The summed E-state index contributed by atoms with van der Waals surface area (Å²) in [5.41, 5.74) is -0.128. The molecule has 0 fully saturated rings. The van der Waals surface area contributed by atoms with Gasteiger partial charge in [0.05, 0.1) is 11.7 Å². The summed E-state index contributed by atoms with van der Waals surface area (Å²) in [6, 6.07) is 5.16. The van der Waals surface area contributed by atoms with E-state index >= 15 is 0 Å². The van der Waals surface area contributed by atoms with Crippen LogP contribution in [0.15, 0.2) is 24.3 Å². The van der Waals surface area contributed by atoms with Crippen molar-refractivity contribution < 1.29 is 18.3 Å². The highest BCUT2D eigenvalue weighted by Crippen LogP contribution is 2.29. The first-order valence-electron chi connectivity index (χ1n) is 6.13. The molecule has 1 N–H and O–H groups in total. The van der Waals surface area contributed by atoms with Crippen molar-refractivity contribution >= 4 is 0 Å². The van der Waals surface area contributed by atoms with Gasteiger partial charge < -0.3 is 5.11 Å². The Morgan fingerprint density at radius 3 is 2.39 bits per heavy atom. The van der Waals surface area contributed by atoms with Gasteiger partial charge >= 0.3 is 6.18 Å². The van der Waals surface area contributed by atoms with Gasteiger partial charge in [-0.25, -0.2) is 0 Å². The fourth-order valence-electron chi connectivity index (χ4n) is 1.77. The zero-order chi connectivity index (χ0) is 13.8. The van der Waals surface area contributed by atoms with Crippen LogP contribution in [0, 0.1) is 5.92 Å². The molecule has 0 bridgehead atoms. The molecule has 0 aromatic heterocycles. The van der Waals surface area contributed by atoms with E-state index in [9.17, 15) is 18.3 Å². The van der Waals surface area contributed by atoms with Gasteiger partial charge in [0.1, 0.15) is 0 Å². The van der Waals surface area contributed by atoms with E-state index in [-0.39, 0.29) is 6.42 Å². The Morgan fingerprint density at radius 2 is 1.83 bits per heavy atom. The lowest BCUT2D eigenvalue weighted by atomic mass is 9.99. The summed E-state index contributed by atoms with van der Waals surface area (Å²) in [5.74, 6) is 0.487. The van der Waals surface area contributed by atoms with E-state index in [0.29, 0.717) is 17.9 Å². The Morgan fingerprint density at radius 1 is 1.17 bits per heavy atom. The van der Waals surface area contributed by atoms with Crippen molar-refractivity contribution in [2.45, 2.75) is 45.4 Å². The summed E-state index contributed by atoms with van der Waals surface area (Å²) in [6.07, 6.45) is -3.13. The molecule has 18 heavy (non-hydrogen) atoms. The maximum absolute atomic E-state index is 12.5. The van der Waals surface area contributed by atoms with Crippen LogP contribution in [0.4, 0.5) is 13.2 Å². The first kappa shape index (κ1) is 15.0. The lowest BCUT2D eigenvalue weighted by molar-refractivity contribution is -0.137. The number of aliphatic hydroxyl groups is 1. The fraction of sp³-hybridized carbons (Fsp3) is 0.571. The quantitative estimate of drug-likeness (QED) is 0.847. The fourth-order valence-corrected chi connectivity index (χ4v) is 1.77. The zero-order valence-electron chi connectivity index (χ0n) is 10.7. The van der Waals surface area contributed by atoms with E-state index in [1.807, 2.05) is 0 Å². The second-order valence-corrected chi connectivity index (χ2v) is 5.03. The second kappa shape index (κ2) is 6.23. The van der Waals surface area contributed by atoms with E-state index in [1.165, 1.54) is 6.07 Å². The van der Waals surface area contributed by atoms with Gasteiger partial charge in [-0.05, 0) is 36.8 Å². The molecule has 1 aromatic carbocycles. The summed E-state index contributed by atoms with van der Waals surface area (Å²) in [5, 5.41) is 9.76. The maximum atomic E-state index is 12.5. The molecule has 0 heterocycles. The van der Waals surface area contributed by atoms with Crippen LogP contribution in [-0.4, -0.2) is 11.2 Å². The average molecular weight is 260 g/mol. The van der Waals surface area contributed by atoms with Gasteiger partial charge in [-0.1, -0.05) is 32.0 Å². The summed E-state index contributed by atoms with van der Waals surface area (Å²) in [7, 11) is 0. The molecule has 4 heteroatoms. The molecule has 0 amide bonds. The van der Waals surface area contributed by atoms with Crippen LogP contribution in [0.2, 0.25) is 0 Å². The van der Waals surface area contributed by atoms with Crippen LogP contribution in [0.3, 0.4) is 0 Å². The molecule has 102 valence electrons. The van der Waals surface area contributed by atoms with Gasteiger partial charge in [0.15, 0.2) is 0 Å². The molecule has 1 aromatic rings. The molecule has 1 nitrogen and oxygen atoms in total. The highest BCUT2D eigenvalue weighted by Gasteiger charge is 2.30. The third-order valence-electron chi connectivity index (χ3n) is 2.80. The molecule has 1 atom stereocenters. The van der Waals surface area contributed by atoms with Crippen LogP contribution in [0.5, 0.6) is 0 Å². The average Bonchev–Trinajstić information content (AvgIpc) is 2.25. The third-order valence-corrected chi connectivity index (χ3v) is 2.80. The topological polar surface area (TPSA) is 20.2 Å². The van der Waals surface area contributed by atoms with Gasteiger partial charge in [-0.3, -0.25) is 0 Å². The van der Waals surface area contributed by atoms with Crippen molar-refractivity contribution in [2.24, 2.45) is 5.92 Å². The number of hydrogen-bond donors (Lipinski definition) is 1. The number of aliphatic hydroxyl groups excluding tert-OH is 1. The maximum Gasteiger partial charge on any atom is 0.416 e. The smallest absolute Gasteiger partial charge is 0.393 e. The number of hydrogen-bond acceptors (Lipinski definition) is 1. The monoisotopic (exact) mass is 260 g/mol. The van der Waals surface area contributed by atoms with Crippen LogP contribution in [0.25, 0.3) is 0 Å². The largest absolute Gasteiger partial charge is 0.416 e. The predicted molar refractivity (Wildman–Crippen MR) is 65.2 cm³/mol. The Hall–Kier alpha value is -1.03. The zero-order valence-corrected chi connectivity index (χ0v) is 10.7. The van der Waals surface area contributed by atoms with Crippen molar-refractivity contribution in [3.63, 3.8) is 0 Å². The molecule has 0 saturated heterocycles. The molecule has 0 spiro atoms. The highest BCUT2D eigenvalue weighted by molar-refractivity contribution is 5.26. The van der Waals surface area contributed by atoms with Crippen LogP contribution in [0.1, 0.15) is 37.8 Å². The van der Waals surface area contributed by atoms with Crippen molar-refractivity contribution in [3.05, 3.63) is 35.4 Å². The van der Waals surface area contributed by atoms with Crippen LogP contribution in [-0.2, 0) is 12.6 Å². The van der Waals surface area contributed by atoms with Gasteiger partial charge in [-0.2, -0.15) is 13.2 Å². The predicted octanol–water partition coefficient (Wildman–Crippen LogP) is 4.05. The number of rotatable bonds is 5. The van der Waals surface area contributed by atoms with Crippen molar-refractivity contribution in [1.29, 1.82) is 0 Å². The van der Waals surface area contributed by atoms with E-state index in [4.69, 9.17) is 0 Å². The molecule has 0 radical (unpaired) electrons. The van der Waals surface area contributed by atoms with Gasteiger partial charge in [-0.15, -0.1) is 0 Å². The number of halogens is 3. The van der Waals surface area contributed by atoms with Gasteiger partial charge in [0.2, 0.25) is 0 Å². The van der Waals surface area contributed by atoms with E-state index in [1.54, 1.807) is 6.07 Å². The van der Waals surface area contributed by atoms with E-state index < -0.39 is 17.8 Å². The summed E-state index contributed by atoms with van der Waals surface area (Å²) in [6.45, 7) is 4.11. The molecule has 0 aliphatic rings. The summed E-state index contributed by atoms with van der Waals surface area (Å²) >= 11 is 0. The summed E-state index contributed by atoms with van der Waals surface area (Å²) < 4.78 is 37.5. The SMILES string of the molecule is CC(C)CCC(O)Cc1cccc(C(F)(F)F)c1.